The summed E-state index contributed by atoms with van der Waals surface area (Å²) in [7, 11) is 3.55. The number of hydrogen-bond donors (Lipinski definition) is 1. The Balaban J connectivity index is 2.92. The normalized spacial score (nSPS) is 10.1. The van der Waals surface area contributed by atoms with Gasteiger partial charge in [0.15, 0.2) is 0 Å². The summed E-state index contributed by atoms with van der Waals surface area (Å²) in [5.74, 6) is 0. The Bertz CT molecular complexity index is 468. The fourth-order valence-corrected chi connectivity index (χ4v) is 1.77. The highest BCUT2D eigenvalue weighted by atomic mass is 16.6. The van der Waals surface area contributed by atoms with Gasteiger partial charge >= 0.3 is 0 Å². The van der Waals surface area contributed by atoms with Crippen molar-refractivity contribution in [3.05, 3.63) is 33.9 Å². The number of rotatable bonds is 6. The highest BCUT2D eigenvalue weighted by Crippen LogP contribution is 2.28. The van der Waals surface area contributed by atoms with Gasteiger partial charge in [0.2, 0.25) is 0 Å². The Labute approximate surface area is 106 Å². The molecule has 0 fully saturated rings. The molecule has 0 aliphatic rings. The van der Waals surface area contributed by atoms with Crippen molar-refractivity contribution in [2.45, 2.75) is 13.0 Å². The highest BCUT2D eigenvalue weighted by molar-refractivity contribution is 5.66. The van der Waals surface area contributed by atoms with Crippen molar-refractivity contribution in [3.63, 3.8) is 0 Å². The molecule has 0 bridgehead atoms. The summed E-state index contributed by atoms with van der Waals surface area (Å²) in [5.41, 5.74) is 1.46. The maximum absolute atomic E-state index is 10.9. The molecule has 6 heteroatoms. The van der Waals surface area contributed by atoms with Crippen LogP contribution in [0, 0.1) is 21.4 Å². The minimum absolute atomic E-state index is 0.0729. The van der Waals surface area contributed by atoms with Crippen LogP contribution in [-0.4, -0.2) is 30.5 Å². The van der Waals surface area contributed by atoms with Crippen LogP contribution in [0.3, 0.4) is 0 Å². The number of nitro groups is 1. The van der Waals surface area contributed by atoms with Crippen LogP contribution in [0.2, 0.25) is 0 Å². The van der Waals surface area contributed by atoms with Gasteiger partial charge in [-0.25, -0.2) is 0 Å². The molecular formula is C12H16N4O2. The zero-order valence-corrected chi connectivity index (χ0v) is 10.5. The van der Waals surface area contributed by atoms with Gasteiger partial charge in [-0.1, -0.05) is 12.1 Å². The van der Waals surface area contributed by atoms with Crippen molar-refractivity contribution in [2.24, 2.45) is 0 Å². The van der Waals surface area contributed by atoms with E-state index in [0.29, 0.717) is 25.2 Å². The fraction of sp³-hybridized carbons (Fsp3) is 0.417. The Morgan fingerprint density at radius 1 is 1.56 bits per heavy atom. The molecule has 1 aromatic carbocycles. The topological polar surface area (TPSA) is 82.2 Å². The Morgan fingerprint density at radius 2 is 2.28 bits per heavy atom. The molecule has 0 aliphatic heterocycles. The van der Waals surface area contributed by atoms with Gasteiger partial charge in [-0.3, -0.25) is 10.1 Å². The minimum Gasteiger partial charge on any atom is -0.382 e. The molecular weight excluding hydrogens is 232 g/mol. The second kappa shape index (κ2) is 6.57. The van der Waals surface area contributed by atoms with Gasteiger partial charge < -0.3 is 10.2 Å². The predicted octanol–water partition coefficient (Wildman–Crippen LogP) is 1.98. The zero-order valence-electron chi connectivity index (χ0n) is 10.5. The second-order valence-electron chi connectivity index (χ2n) is 3.96. The predicted molar refractivity (Wildman–Crippen MR) is 69.2 cm³/mol. The summed E-state index contributed by atoms with van der Waals surface area (Å²) < 4.78 is 0. The molecule has 0 heterocycles. The smallest absolute Gasteiger partial charge is 0.292 e. The minimum atomic E-state index is -0.398. The summed E-state index contributed by atoms with van der Waals surface area (Å²) >= 11 is 0. The van der Waals surface area contributed by atoms with Gasteiger partial charge in [0.1, 0.15) is 5.69 Å². The number of hydrogen-bond acceptors (Lipinski definition) is 5. The molecule has 0 saturated heterocycles. The summed E-state index contributed by atoms with van der Waals surface area (Å²) in [6.45, 7) is 1.21. The number of nitrogens with one attached hydrogen (secondary N) is 1. The van der Waals surface area contributed by atoms with E-state index in [-0.39, 0.29) is 5.69 Å². The zero-order chi connectivity index (χ0) is 13.5. The Morgan fingerprint density at radius 3 is 2.83 bits per heavy atom. The van der Waals surface area contributed by atoms with E-state index in [4.69, 9.17) is 5.26 Å². The molecule has 96 valence electrons. The molecule has 1 aromatic rings. The van der Waals surface area contributed by atoms with Crippen LogP contribution in [-0.2, 0) is 6.54 Å². The molecule has 0 amide bonds. The molecule has 0 aliphatic carbocycles. The van der Waals surface area contributed by atoms with E-state index >= 15 is 0 Å². The van der Waals surface area contributed by atoms with Gasteiger partial charge in [0.25, 0.3) is 5.69 Å². The summed E-state index contributed by atoms with van der Waals surface area (Å²) in [6, 6.07) is 7.08. The van der Waals surface area contributed by atoms with Crippen molar-refractivity contribution >= 4 is 11.4 Å². The first kappa shape index (κ1) is 13.9. The van der Waals surface area contributed by atoms with Crippen molar-refractivity contribution in [1.82, 2.24) is 4.90 Å². The maximum Gasteiger partial charge on any atom is 0.292 e. The SMILES string of the molecule is CNc1c(CN(C)CCC#N)cccc1[N+](=O)[O-]. The molecule has 0 aromatic heterocycles. The number of nitriles is 1. The van der Waals surface area contributed by atoms with E-state index < -0.39 is 4.92 Å². The first-order valence-electron chi connectivity index (χ1n) is 5.59. The molecule has 0 radical (unpaired) electrons. The molecule has 0 saturated carbocycles. The first-order valence-corrected chi connectivity index (χ1v) is 5.59. The van der Waals surface area contributed by atoms with Crippen LogP contribution < -0.4 is 5.32 Å². The highest BCUT2D eigenvalue weighted by Gasteiger charge is 2.16. The third-order valence-electron chi connectivity index (χ3n) is 2.62. The third kappa shape index (κ3) is 3.43. The van der Waals surface area contributed by atoms with Crippen molar-refractivity contribution in [1.29, 1.82) is 5.26 Å². The third-order valence-corrected chi connectivity index (χ3v) is 2.62. The van der Waals surface area contributed by atoms with Crippen molar-refractivity contribution in [2.75, 3.05) is 26.0 Å². The van der Waals surface area contributed by atoms with Crippen molar-refractivity contribution in [3.8, 4) is 6.07 Å². The fourth-order valence-electron chi connectivity index (χ4n) is 1.77. The van der Waals surface area contributed by atoms with E-state index in [1.165, 1.54) is 6.07 Å². The maximum atomic E-state index is 10.9. The lowest BCUT2D eigenvalue weighted by atomic mass is 10.1. The van der Waals surface area contributed by atoms with Crippen LogP contribution in [0.4, 0.5) is 11.4 Å². The van der Waals surface area contributed by atoms with E-state index in [0.717, 1.165) is 5.56 Å². The van der Waals surface area contributed by atoms with Gasteiger partial charge in [-0.15, -0.1) is 0 Å². The summed E-state index contributed by atoms with van der Waals surface area (Å²) in [6.07, 6.45) is 0.445. The van der Waals surface area contributed by atoms with Gasteiger partial charge in [-0.2, -0.15) is 5.26 Å². The van der Waals surface area contributed by atoms with Gasteiger partial charge in [0, 0.05) is 32.6 Å². The van der Waals surface area contributed by atoms with Gasteiger partial charge in [-0.05, 0) is 12.6 Å². The van der Waals surface area contributed by atoms with Crippen molar-refractivity contribution < 1.29 is 4.92 Å². The van der Waals surface area contributed by atoms with E-state index in [2.05, 4.69) is 11.4 Å². The van der Waals surface area contributed by atoms with E-state index in [1.54, 1.807) is 13.1 Å². The lowest BCUT2D eigenvalue weighted by Crippen LogP contribution is -2.19. The first-order chi connectivity index (χ1) is 8.60. The van der Waals surface area contributed by atoms with Crippen LogP contribution in [0.15, 0.2) is 18.2 Å². The molecule has 0 spiro atoms. The standard InChI is InChI=1S/C12H16N4O2/c1-14-12-10(9-15(2)8-4-7-13)5-3-6-11(12)16(17)18/h3,5-6,14H,4,8-9H2,1-2H3. The largest absolute Gasteiger partial charge is 0.382 e. The number of nitrogens with zero attached hydrogens (tertiary/aromatic N) is 3. The molecule has 0 unspecified atom stereocenters. The Kier molecular flexibility index (Phi) is 5.08. The molecule has 18 heavy (non-hydrogen) atoms. The molecule has 0 atom stereocenters. The average Bonchev–Trinajstić information content (AvgIpc) is 2.35. The Hall–Kier alpha value is -2.13. The lowest BCUT2D eigenvalue weighted by Gasteiger charge is -2.17. The molecule has 6 nitrogen and oxygen atoms in total. The summed E-state index contributed by atoms with van der Waals surface area (Å²) in [4.78, 5) is 12.5. The van der Waals surface area contributed by atoms with Crippen LogP contribution >= 0.6 is 0 Å². The van der Waals surface area contributed by atoms with Crippen LogP contribution in [0.1, 0.15) is 12.0 Å². The lowest BCUT2D eigenvalue weighted by molar-refractivity contribution is -0.384. The monoisotopic (exact) mass is 248 g/mol. The van der Waals surface area contributed by atoms with Gasteiger partial charge in [0.05, 0.1) is 11.0 Å². The van der Waals surface area contributed by atoms with E-state index in [9.17, 15) is 10.1 Å². The second-order valence-corrected chi connectivity index (χ2v) is 3.96. The molecule has 1 rings (SSSR count). The average molecular weight is 248 g/mol. The number of nitro benzene ring substituents is 1. The number of para-hydroxylation sites is 1. The van der Waals surface area contributed by atoms with E-state index in [1.807, 2.05) is 18.0 Å². The quantitative estimate of drug-likeness (QED) is 0.615. The van der Waals surface area contributed by atoms with Crippen LogP contribution in [0.25, 0.3) is 0 Å². The van der Waals surface area contributed by atoms with Crippen LogP contribution in [0.5, 0.6) is 0 Å². The molecule has 1 N–H and O–H groups in total. The number of benzene rings is 1. The summed E-state index contributed by atoms with van der Waals surface area (Å²) in [5, 5.41) is 22.3. The number of anilines is 1.